The van der Waals surface area contributed by atoms with Crippen LogP contribution in [0.3, 0.4) is 0 Å². The molecule has 2 rings (SSSR count). The number of nitrogens with zero attached hydrogens (tertiary/aromatic N) is 1. The zero-order chi connectivity index (χ0) is 14.7. The Morgan fingerprint density at radius 1 is 1.45 bits per heavy atom. The molecule has 20 heavy (non-hydrogen) atoms. The zero-order valence-corrected chi connectivity index (χ0v) is 12.3. The molecule has 2 N–H and O–H groups in total. The fourth-order valence-corrected chi connectivity index (χ4v) is 2.27. The van der Waals surface area contributed by atoms with E-state index in [1.807, 2.05) is 43.9 Å². The minimum atomic E-state index is -0.330. The molecule has 0 spiro atoms. The third-order valence-electron chi connectivity index (χ3n) is 3.32. The Morgan fingerprint density at radius 3 is 2.85 bits per heavy atom. The van der Waals surface area contributed by atoms with Crippen LogP contribution < -0.4 is 15.4 Å². The molecule has 0 saturated carbocycles. The van der Waals surface area contributed by atoms with Gasteiger partial charge >= 0.3 is 5.97 Å². The zero-order valence-electron chi connectivity index (χ0n) is 12.3. The molecule has 5 nitrogen and oxygen atoms in total. The van der Waals surface area contributed by atoms with Crippen molar-refractivity contribution < 1.29 is 14.3 Å². The fraction of sp³-hybridized carbons (Fsp3) is 0.533. The van der Waals surface area contributed by atoms with Crippen molar-refractivity contribution in [3.63, 3.8) is 0 Å². The van der Waals surface area contributed by atoms with E-state index in [1.165, 1.54) is 0 Å². The highest BCUT2D eigenvalue weighted by molar-refractivity contribution is 5.81. The maximum absolute atomic E-state index is 12.1. The largest absolute Gasteiger partial charge is 0.490 e. The average molecular weight is 278 g/mol. The van der Waals surface area contributed by atoms with Gasteiger partial charge in [0.1, 0.15) is 18.4 Å². The van der Waals surface area contributed by atoms with E-state index in [0.29, 0.717) is 19.7 Å². The first-order valence-electron chi connectivity index (χ1n) is 6.96. The lowest BCUT2D eigenvalue weighted by Gasteiger charge is -2.35. The van der Waals surface area contributed by atoms with Crippen molar-refractivity contribution in [2.75, 3.05) is 18.1 Å². The van der Waals surface area contributed by atoms with Crippen LogP contribution >= 0.6 is 0 Å². The Kier molecular flexibility index (Phi) is 4.49. The highest BCUT2D eigenvalue weighted by Crippen LogP contribution is 2.33. The standard InChI is InChI=1S/C15H22N2O3/c1-10(2)20-15(18)11(3)17-6-7-19-14-8-12(9-16)4-5-13(14)17/h4-5,8,10-11H,6-7,9,16H2,1-3H3. The van der Waals surface area contributed by atoms with Gasteiger partial charge in [-0.25, -0.2) is 4.79 Å². The first kappa shape index (κ1) is 14.7. The molecule has 5 heteroatoms. The Bertz CT molecular complexity index is 488. The number of benzene rings is 1. The molecule has 1 heterocycles. The summed E-state index contributed by atoms with van der Waals surface area (Å²) in [5.74, 6) is 0.569. The second-order valence-corrected chi connectivity index (χ2v) is 5.21. The first-order chi connectivity index (χ1) is 9.52. The van der Waals surface area contributed by atoms with E-state index in [2.05, 4.69) is 0 Å². The highest BCUT2D eigenvalue weighted by atomic mass is 16.5. The first-order valence-corrected chi connectivity index (χ1v) is 6.96. The number of rotatable bonds is 4. The normalized spacial score (nSPS) is 15.6. The van der Waals surface area contributed by atoms with Crippen LogP contribution in [0, 0.1) is 0 Å². The molecule has 0 saturated heterocycles. The van der Waals surface area contributed by atoms with E-state index >= 15 is 0 Å². The number of esters is 1. The quantitative estimate of drug-likeness (QED) is 0.849. The van der Waals surface area contributed by atoms with Gasteiger partial charge in [-0.15, -0.1) is 0 Å². The highest BCUT2D eigenvalue weighted by Gasteiger charge is 2.28. The van der Waals surface area contributed by atoms with Gasteiger partial charge in [-0.1, -0.05) is 6.07 Å². The van der Waals surface area contributed by atoms with Gasteiger partial charge in [0.25, 0.3) is 0 Å². The number of hydrogen-bond acceptors (Lipinski definition) is 5. The molecule has 0 amide bonds. The molecular formula is C15H22N2O3. The van der Waals surface area contributed by atoms with Gasteiger partial charge in [0.15, 0.2) is 0 Å². The molecule has 0 fully saturated rings. The van der Waals surface area contributed by atoms with E-state index in [0.717, 1.165) is 17.0 Å². The SMILES string of the molecule is CC(C)OC(=O)C(C)N1CCOc2cc(CN)ccc21. The van der Waals surface area contributed by atoms with Gasteiger partial charge in [-0.2, -0.15) is 0 Å². The lowest BCUT2D eigenvalue weighted by atomic mass is 10.1. The third kappa shape index (κ3) is 3.04. The van der Waals surface area contributed by atoms with Gasteiger partial charge in [-0.05, 0) is 38.5 Å². The van der Waals surface area contributed by atoms with E-state index in [1.54, 1.807) is 0 Å². The second-order valence-electron chi connectivity index (χ2n) is 5.21. The number of ether oxygens (including phenoxy) is 2. The van der Waals surface area contributed by atoms with Crippen molar-refractivity contribution in [3.05, 3.63) is 23.8 Å². The molecule has 1 aliphatic rings. The summed E-state index contributed by atoms with van der Waals surface area (Å²) in [6.07, 6.45) is -0.106. The number of anilines is 1. The Balaban J connectivity index is 2.21. The summed E-state index contributed by atoms with van der Waals surface area (Å²) in [5.41, 5.74) is 7.57. The fourth-order valence-electron chi connectivity index (χ4n) is 2.27. The van der Waals surface area contributed by atoms with Crippen LogP contribution in [0.4, 0.5) is 5.69 Å². The predicted molar refractivity (Wildman–Crippen MR) is 77.9 cm³/mol. The van der Waals surface area contributed by atoms with E-state index in [9.17, 15) is 4.79 Å². The molecule has 0 aromatic heterocycles. The lowest BCUT2D eigenvalue weighted by Crippen LogP contribution is -2.45. The van der Waals surface area contributed by atoms with Crippen LogP contribution in [0.2, 0.25) is 0 Å². The molecule has 1 aromatic carbocycles. The van der Waals surface area contributed by atoms with Crippen LogP contribution in [0.1, 0.15) is 26.3 Å². The number of nitrogens with two attached hydrogens (primary N) is 1. The minimum absolute atomic E-state index is 0.106. The van der Waals surface area contributed by atoms with Crippen LogP contribution in [0.25, 0.3) is 0 Å². The Hall–Kier alpha value is -1.75. The summed E-state index contributed by atoms with van der Waals surface area (Å²) < 4.78 is 10.9. The summed E-state index contributed by atoms with van der Waals surface area (Å²) in [5, 5.41) is 0. The predicted octanol–water partition coefficient (Wildman–Crippen LogP) is 1.68. The summed E-state index contributed by atoms with van der Waals surface area (Å²) in [4.78, 5) is 14.1. The number of fused-ring (bicyclic) bond motifs is 1. The second kappa shape index (κ2) is 6.13. The van der Waals surface area contributed by atoms with Crippen LogP contribution in [0.5, 0.6) is 5.75 Å². The van der Waals surface area contributed by atoms with Gasteiger partial charge in [0.05, 0.1) is 18.3 Å². The van der Waals surface area contributed by atoms with Crippen molar-refractivity contribution in [2.24, 2.45) is 5.73 Å². The molecule has 0 aliphatic carbocycles. The van der Waals surface area contributed by atoms with E-state index < -0.39 is 0 Å². The number of carbonyl (C=O) groups excluding carboxylic acids is 1. The summed E-state index contributed by atoms with van der Waals surface area (Å²) >= 11 is 0. The third-order valence-corrected chi connectivity index (χ3v) is 3.32. The van der Waals surface area contributed by atoms with E-state index in [-0.39, 0.29) is 18.1 Å². The van der Waals surface area contributed by atoms with Crippen molar-refractivity contribution in [1.82, 2.24) is 0 Å². The molecule has 0 radical (unpaired) electrons. The molecule has 0 bridgehead atoms. The lowest BCUT2D eigenvalue weighted by molar-refractivity contribution is -0.148. The average Bonchev–Trinajstić information content (AvgIpc) is 2.44. The summed E-state index contributed by atoms with van der Waals surface area (Å²) in [6, 6.07) is 5.52. The molecule has 1 aromatic rings. The molecular weight excluding hydrogens is 256 g/mol. The van der Waals surface area contributed by atoms with Gasteiger partial charge in [-0.3, -0.25) is 0 Å². The monoisotopic (exact) mass is 278 g/mol. The van der Waals surface area contributed by atoms with Crippen LogP contribution in [-0.2, 0) is 16.1 Å². The van der Waals surface area contributed by atoms with Crippen molar-refractivity contribution in [2.45, 2.75) is 39.5 Å². The Labute approximate surface area is 119 Å². The van der Waals surface area contributed by atoms with Crippen molar-refractivity contribution in [1.29, 1.82) is 0 Å². The molecule has 110 valence electrons. The van der Waals surface area contributed by atoms with Gasteiger partial charge in [0.2, 0.25) is 0 Å². The number of hydrogen-bond donors (Lipinski definition) is 1. The molecule has 1 unspecified atom stereocenters. The van der Waals surface area contributed by atoms with Gasteiger partial charge in [0, 0.05) is 6.54 Å². The number of carbonyl (C=O) groups is 1. The van der Waals surface area contributed by atoms with Crippen LogP contribution in [-0.4, -0.2) is 31.3 Å². The molecule has 1 aliphatic heterocycles. The topological polar surface area (TPSA) is 64.8 Å². The summed E-state index contributed by atoms with van der Waals surface area (Å²) in [6.45, 7) is 7.26. The Morgan fingerprint density at radius 2 is 2.20 bits per heavy atom. The minimum Gasteiger partial charge on any atom is -0.490 e. The van der Waals surface area contributed by atoms with Crippen molar-refractivity contribution >= 4 is 11.7 Å². The van der Waals surface area contributed by atoms with E-state index in [4.69, 9.17) is 15.2 Å². The molecule has 1 atom stereocenters. The smallest absolute Gasteiger partial charge is 0.328 e. The van der Waals surface area contributed by atoms with Crippen molar-refractivity contribution in [3.8, 4) is 5.75 Å². The summed E-state index contributed by atoms with van der Waals surface area (Å²) in [7, 11) is 0. The maximum Gasteiger partial charge on any atom is 0.328 e. The van der Waals surface area contributed by atoms with Crippen LogP contribution in [0.15, 0.2) is 18.2 Å². The maximum atomic E-state index is 12.1. The van der Waals surface area contributed by atoms with Gasteiger partial charge < -0.3 is 20.1 Å².